The normalized spacial score (nSPS) is 20.7. The number of hydrogen-bond acceptors (Lipinski definition) is 5. The van der Waals surface area contributed by atoms with Crippen LogP contribution in [-0.2, 0) is 0 Å². The van der Waals surface area contributed by atoms with E-state index in [-0.39, 0.29) is 12.2 Å². The fourth-order valence-electron chi connectivity index (χ4n) is 4.39. The SMILES string of the molecule is Cc1ccc(N2C[C@@H](C)N(CC(O)COc3ccc4[nH]c(=O)ccc4c3)[C@@H](C)C2)cc1. The fraction of sp³-hybridized carbons (Fsp3) is 0.400. The van der Waals surface area contributed by atoms with E-state index in [9.17, 15) is 9.90 Å². The van der Waals surface area contributed by atoms with E-state index in [1.165, 1.54) is 17.3 Å². The molecule has 6 nitrogen and oxygen atoms in total. The second-order valence-electron chi connectivity index (χ2n) is 8.67. The number of ether oxygens (including phenoxy) is 1. The Morgan fingerprint density at radius 1 is 1.06 bits per heavy atom. The number of aromatic amines is 1. The molecule has 0 spiro atoms. The summed E-state index contributed by atoms with van der Waals surface area (Å²) in [7, 11) is 0. The van der Waals surface area contributed by atoms with Crippen LogP contribution in [0.4, 0.5) is 5.69 Å². The Balaban J connectivity index is 1.33. The van der Waals surface area contributed by atoms with Crippen LogP contribution in [0.2, 0.25) is 0 Å². The van der Waals surface area contributed by atoms with E-state index < -0.39 is 6.10 Å². The van der Waals surface area contributed by atoms with Gasteiger partial charge in [0.25, 0.3) is 0 Å². The van der Waals surface area contributed by atoms with Gasteiger partial charge in [-0.2, -0.15) is 0 Å². The maximum absolute atomic E-state index is 11.4. The van der Waals surface area contributed by atoms with Gasteiger partial charge in [-0.05, 0) is 57.2 Å². The smallest absolute Gasteiger partial charge is 0.248 e. The highest BCUT2D eigenvalue weighted by Crippen LogP contribution is 2.23. The molecule has 0 radical (unpaired) electrons. The Hall–Kier alpha value is -2.83. The lowest BCUT2D eigenvalue weighted by Gasteiger charge is -2.46. The van der Waals surface area contributed by atoms with E-state index in [2.05, 4.69) is 59.8 Å². The molecule has 164 valence electrons. The summed E-state index contributed by atoms with van der Waals surface area (Å²) in [4.78, 5) is 19.0. The first-order valence-electron chi connectivity index (χ1n) is 10.9. The molecular weight excluding hydrogens is 390 g/mol. The molecule has 2 aromatic carbocycles. The predicted molar refractivity (Wildman–Crippen MR) is 125 cm³/mol. The van der Waals surface area contributed by atoms with Crippen LogP contribution in [0.15, 0.2) is 59.4 Å². The molecule has 3 atom stereocenters. The number of aromatic nitrogens is 1. The van der Waals surface area contributed by atoms with E-state index in [0.717, 1.165) is 24.0 Å². The van der Waals surface area contributed by atoms with Crippen LogP contribution in [0.3, 0.4) is 0 Å². The zero-order chi connectivity index (χ0) is 22.0. The van der Waals surface area contributed by atoms with Gasteiger partial charge in [0, 0.05) is 54.4 Å². The summed E-state index contributed by atoms with van der Waals surface area (Å²) in [5, 5.41) is 11.5. The molecular formula is C25H31N3O3. The van der Waals surface area contributed by atoms with E-state index in [1.807, 2.05) is 18.2 Å². The highest BCUT2D eigenvalue weighted by atomic mass is 16.5. The summed E-state index contributed by atoms with van der Waals surface area (Å²) in [5.41, 5.74) is 3.17. The van der Waals surface area contributed by atoms with Crippen LogP contribution in [0.5, 0.6) is 5.75 Å². The molecule has 2 N–H and O–H groups in total. The molecule has 1 aromatic heterocycles. The number of nitrogens with zero attached hydrogens (tertiary/aromatic N) is 2. The van der Waals surface area contributed by atoms with Gasteiger partial charge in [0.2, 0.25) is 5.56 Å². The molecule has 1 fully saturated rings. The minimum absolute atomic E-state index is 0.123. The van der Waals surface area contributed by atoms with E-state index in [1.54, 1.807) is 6.07 Å². The molecule has 1 aliphatic rings. The predicted octanol–water partition coefficient (Wildman–Crippen LogP) is 3.18. The zero-order valence-electron chi connectivity index (χ0n) is 18.4. The maximum atomic E-state index is 11.4. The maximum Gasteiger partial charge on any atom is 0.248 e. The lowest BCUT2D eigenvalue weighted by Crippen LogP contribution is -2.58. The van der Waals surface area contributed by atoms with Gasteiger partial charge < -0.3 is 19.7 Å². The van der Waals surface area contributed by atoms with Crippen molar-refractivity contribution in [2.75, 3.05) is 31.1 Å². The number of piperazine rings is 1. The van der Waals surface area contributed by atoms with Crippen LogP contribution >= 0.6 is 0 Å². The average molecular weight is 422 g/mol. The number of pyridine rings is 1. The summed E-state index contributed by atoms with van der Waals surface area (Å²) >= 11 is 0. The number of benzene rings is 2. The molecule has 0 aliphatic carbocycles. The molecule has 2 heterocycles. The van der Waals surface area contributed by atoms with Crippen molar-refractivity contribution >= 4 is 16.6 Å². The van der Waals surface area contributed by atoms with Gasteiger partial charge in [-0.1, -0.05) is 17.7 Å². The third-order valence-electron chi connectivity index (χ3n) is 6.06. The van der Waals surface area contributed by atoms with Crippen LogP contribution in [0.25, 0.3) is 10.9 Å². The van der Waals surface area contributed by atoms with Crippen molar-refractivity contribution in [3.8, 4) is 5.75 Å². The summed E-state index contributed by atoms with van der Waals surface area (Å²) in [6.45, 7) is 9.21. The highest BCUT2D eigenvalue weighted by Gasteiger charge is 2.30. The molecule has 6 heteroatoms. The van der Waals surface area contributed by atoms with Gasteiger partial charge in [0.1, 0.15) is 18.5 Å². The quantitative estimate of drug-likeness (QED) is 0.640. The molecule has 31 heavy (non-hydrogen) atoms. The first kappa shape index (κ1) is 21.4. The van der Waals surface area contributed by atoms with Crippen molar-refractivity contribution in [3.63, 3.8) is 0 Å². The van der Waals surface area contributed by atoms with E-state index in [0.29, 0.717) is 24.4 Å². The number of hydrogen-bond donors (Lipinski definition) is 2. The standard InChI is InChI=1S/C25H31N3O3/c1-17-4-7-21(8-5-17)27-13-18(2)28(19(3)14-27)15-22(29)16-31-23-9-10-24-20(12-23)6-11-25(30)26-24/h4-12,18-19,22,29H,13-16H2,1-3H3,(H,26,30)/t18-,19+,22?. The van der Waals surface area contributed by atoms with Crippen molar-refractivity contribution < 1.29 is 9.84 Å². The lowest BCUT2D eigenvalue weighted by atomic mass is 10.1. The Morgan fingerprint density at radius 3 is 2.48 bits per heavy atom. The number of aryl methyl sites for hydroxylation is 1. The van der Waals surface area contributed by atoms with Gasteiger partial charge >= 0.3 is 0 Å². The number of aliphatic hydroxyl groups is 1. The summed E-state index contributed by atoms with van der Waals surface area (Å²) in [5.74, 6) is 0.684. The van der Waals surface area contributed by atoms with Gasteiger partial charge in [-0.15, -0.1) is 0 Å². The van der Waals surface area contributed by atoms with Crippen LogP contribution in [0, 0.1) is 6.92 Å². The Morgan fingerprint density at radius 2 is 1.77 bits per heavy atom. The van der Waals surface area contributed by atoms with Crippen LogP contribution in [-0.4, -0.2) is 59.4 Å². The van der Waals surface area contributed by atoms with Gasteiger partial charge in [-0.25, -0.2) is 0 Å². The topological polar surface area (TPSA) is 68.8 Å². The fourth-order valence-corrected chi connectivity index (χ4v) is 4.39. The molecule has 0 bridgehead atoms. The van der Waals surface area contributed by atoms with Gasteiger partial charge in [0.15, 0.2) is 0 Å². The Labute approximate surface area is 183 Å². The number of fused-ring (bicyclic) bond motifs is 1. The molecule has 4 rings (SSSR count). The zero-order valence-corrected chi connectivity index (χ0v) is 18.4. The molecule has 3 aromatic rings. The largest absolute Gasteiger partial charge is 0.491 e. The molecule has 0 saturated carbocycles. The minimum atomic E-state index is -0.581. The Kier molecular flexibility index (Phi) is 6.30. The van der Waals surface area contributed by atoms with Crippen molar-refractivity contribution in [2.24, 2.45) is 0 Å². The van der Waals surface area contributed by atoms with Crippen molar-refractivity contribution in [1.29, 1.82) is 0 Å². The van der Waals surface area contributed by atoms with Gasteiger partial charge in [-0.3, -0.25) is 9.69 Å². The number of nitrogens with one attached hydrogen (secondary N) is 1. The first-order valence-corrected chi connectivity index (χ1v) is 10.9. The Bertz CT molecular complexity index is 1070. The van der Waals surface area contributed by atoms with E-state index in [4.69, 9.17) is 4.74 Å². The monoisotopic (exact) mass is 421 g/mol. The summed E-state index contributed by atoms with van der Waals surface area (Å²) < 4.78 is 5.84. The highest BCUT2D eigenvalue weighted by molar-refractivity contribution is 5.79. The van der Waals surface area contributed by atoms with Gasteiger partial charge in [0.05, 0.1) is 0 Å². The number of aliphatic hydroxyl groups excluding tert-OH is 1. The second-order valence-corrected chi connectivity index (χ2v) is 8.67. The van der Waals surface area contributed by atoms with Crippen molar-refractivity contribution in [1.82, 2.24) is 9.88 Å². The third kappa shape index (κ3) is 5.09. The summed E-state index contributed by atoms with van der Waals surface area (Å²) in [6, 6.07) is 18.1. The summed E-state index contributed by atoms with van der Waals surface area (Å²) in [6.07, 6.45) is -0.581. The van der Waals surface area contributed by atoms with Crippen LogP contribution < -0.4 is 15.2 Å². The lowest BCUT2D eigenvalue weighted by molar-refractivity contribution is 0.0318. The number of H-pyrrole nitrogens is 1. The average Bonchev–Trinajstić information content (AvgIpc) is 2.75. The van der Waals surface area contributed by atoms with Crippen LogP contribution in [0.1, 0.15) is 19.4 Å². The number of anilines is 1. The number of rotatable bonds is 6. The number of β-amino-alcohol motifs (C(OH)–C–C–N with tert-alkyl or cyclic N) is 1. The first-order chi connectivity index (χ1) is 14.9. The molecule has 1 unspecified atom stereocenters. The minimum Gasteiger partial charge on any atom is -0.491 e. The second kappa shape index (κ2) is 9.12. The molecule has 1 aliphatic heterocycles. The van der Waals surface area contributed by atoms with Crippen molar-refractivity contribution in [2.45, 2.75) is 39.0 Å². The molecule has 0 amide bonds. The van der Waals surface area contributed by atoms with Crippen molar-refractivity contribution in [3.05, 3.63) is 70.5 Å². The molecule has 1 saturated heterocycles. The van der Waals surface area contributed by atoms with E-state index >= 15 is 0 Å². The third-order valence-corrected chi connectivity index (χ3v) is 6.06.